The Bertz CT molecular complexity index is 636. The van der Waals surface area contributed by atoms with Crippen LogP contribution in [0.15, 0.2) is 40.9 Å². The highest BCUT2D eigenvalue weighted by molar-refractivity contribution is 9.10. The van der Waals surface area contributed by atoms with E-state index in [4.69, 9.17) is 0 Å². The molecule has 0 saturated carbocycles. The zero-order valence-electron chi connectivity index (χ0n) is 11.2. The minimum Gasteiger partial charge on any atom is -0.383 e. The van der Waals surface area contributed by atoms with Gasteiger partial charge in [-0.05, 0) is 29.8 Å². The van der Waals surface area contributed by atoms with Gasteiger partial charge in [0.25, 0.3) is 5.91 Å². The minimum absolute atomic E-state index is 0.0545. The van der Waals surface area contributed by atoms with Crippen LogP contribution in [0.2, 0.25) is 0 Å². The number of anilines is 1. The Morgan fingerprint density at radius 1 is 1.14 bits per heavy atom. The van der Waals surface area contributed by atoms with E-state index in [1.165, 1.54) is 7.05 Å². The van der Waals surface area contributed by atoms with Crippen LogP contribution in [0.5, 0.6) is 0 Å². The molecule has 0 aliphatic rings. The Balaban J connectivity index is 2.08. The van der Waals surface area contributed by atoms with Crippen LogP contribution in [0.4, 0.5) is 14.5 Å². The number of hydrogen-bond donors (Lipinski definition) is 2. The van der Waals surface area contributed by atoms with Crippen molar-refractivity contribution < 1.29 is 13.6 Å². The van der Waals surface area contributed by atoms with Gasteiger partial charge in [-0.15, -0.1) is 0 Å². The smallest absolute Gasteiger partial charge is 0.251 e. The van der Waals surface area contributed by atoms with Crippen LogP contribution in [0.3, 0.4) is 0 Å². The molecule has 21 heavy (non-hydrogen) atoms. The first kappa shape index (κ1) is 15.4. The molecule has 0 aliphatic heterocycles. The number of rotatable bonds is 4. The summed E-state index contributed by atoms with van der Waals surface area (Å²) in [5.41, 5.74) is 0.583. The minimum atomic E-state index is -0.800. The number of halogens is 3. The average molecular weight is 355 g/mol. The first-order valence-corrected chi connectivity index (χ1v) is 7.00. The molecule has 3 nitrogen and oxygen atoms in total. The maximum Gasteiger partial charge on any atom is 0.251 e. The molecule has 2 aromatic rings. The van der Waals surface area contributed by atoms with Crippen molar-refractivity contribution in [1.82, 2.24) is 5.32 Å². The molecule has 0 bridgehead atoms. The van der Waals surface area contributed by atoms with Gasteiger partial charge < -0.3 is 10.6 Å². The highest BCUT2D eigenvalue weighted by Gasteiger charge is 2.14. The Kier molecular flexibility index (Phi) is 4.90. The van der Waals surface area contributed by atoms with Crippen LogP contribution in [0, 0.1) is 11.6 Å². The van der Waals surface area contributed by atoms with Crippen molar-refractivity contribution in [1.29, 1.82) is 0 Å². The quantitative estimate of drug-likeness (QED) is 0.878. The highest BCUT2D eigenvalue weighted by Crippen LogP contribution is 2.20. The van der Waals surface area contributed by atoms with E-state index in [2.05, 4.69) is 26.6 Å². The average Bonchev–Trinajstić information content (AvgIpc) is 2.46. The zero-order valence-corrected chi connectivity index (χ0v) is 12.8. The van der Waals surface area contributed by atoms with E-state index in [1.54, 1.807) is 0 Å². The molecular weight excluding hydrogens is 342 g/mol. The van der Waals surface area contributed by atoms with Gasteiger partial charge in [0.05, 0.1) is 0 Å². The second-order valence-electron chi connectivity index (χ2n) is 4.37. The van der Waals surface area contributed by atoms with Gasteiger partial charge >= 0.3 is 0 Å². The van der Waals surface area contributed by atoms with Crippen molar-refractivity contribution >= 4 is 27.5 Å². The molecule has 110 valence electrons. The zero-order chi connectivity index (χ0) is 15.4. The Morgan fingerprint density at radius 3 is 2.24 bits per heavy atom. The summed E-state index contributed by atoms with van der Waals surface area (Å²) in [6, 6.07) is 9.40. The van der Waals surface area contributed by atoms with Gasteiger partial charge in [-0.25, -0.2) is 8.78 Å². The molecule has 1 amide bonds. The summed E-state index contributed by atoms with van der Waals surface area (Å²) in [4.78, 5) is 11.9. The molecule has 2 N–H and O–H groups in total. The van der Waals surface area contributed by atoms with Gasteiger partial charge in [-0.1, -0.05) is 28.1 Å². The van der Waals surface area contributed by atoms with E-state index < -0.39 is 17.5 Å². The SMILES string of the molecule is CNc1c(F)cc(C(=O)NCc2ccc(Br)cc2)cc1F. The maximum absolute atomic E-state index is 13.6. The summed E-state index contributed by atoms with van der Waals surface area (Å²) in [5, 5.41) is 5.03. The van der Waals surface area contributed by atoms with Crippen LogP contribution in [0.25, 0.3) is 0 Å². The fourth-order valence-electron chi connectivity index (χ4n) is 1.83. The number of amides is 1. The van der Waals surface area contributed by atoms with Gasteiger partial charge in [0.15, 0.2) is 0 Å². The van der Waals surface area contributed by atoms with Crippen molar-refractivity contribution in [2.45, 2.75) is 6.54 Å². The lowest BCUT2D eigenvalue weighted by Gasteiger charge is -2.09. The summed E-state index contributed by atoms with van der Waals surface area (Å²) in [7, 11) is 1.41. The van der Waals surface area contributed by atoms with Crippen LogP contribution in [0.1, 0.15) is 15.9 Å². The normalized spacial score (nSPS) is 10.3. The van der Waals surface area contributed by atoms with E-state index in [0.29, 0.717) is 0 Å². The third-order valence-electron chi connectivity index (χ3n) is 2.92. The molecule has 2 aromatic carbocycles. The number of benzene rings is 2. The van der Waals surface area contributed by atoms with Crippen molar-refractivity contribution in [3.63, 3.8) is 0 Å². The molecule has 0 radical (unpaired) electrons. The van der Waals surface area contributed by atoms with E-state index in [0.717, 1.165) is 22.2 Å². The molecule has 0 atom stereocenters. The lowest BCUT2D eigenvalue weighted by molar-refractivity contribution is 0.0950. The van der Waals surface area contributed by atoms with Crippen LogP contribution >= 0.6 is 15.9 Å². The molecular formula is C15H13BrF2N2O. The van der Waals surface area contributed by atoms with Crippen LogP contribution < -0.4 is 10.6 Å². The van der Waals surface area contributed by atoms with Crippen molar-refractivity contribution in [3.8, 4) is 0 Å². The molecule has 2 rings (SSSR count). The second kappa shape index (κ2) is 6.67. The Morgan fingerprint density at radius 2 is 1.71 bits per heavy atom. The number of carbonyl (C=O) groups is 1. The monoisotopic (exact) mass is 354 g/mol. The summed E-state index contributed by atoms with van der Waals surface area (Å²) in [5.74, 6) is -2.13. The maximum atomic E-state index is 13.6. The van der Waals surface area contributed by atoms with Crippen molar-refractivity contribution in [2.24, 2.45) is 0 Å². The van der Waals surface area contributed by atoms with Crippen LogP contribution in [-0.2, 0) is 6.54 Å². The predicted octanol–water partition coefficient (Wildman–Crippen LogP) is 3.70. The Hall–Kier alpha value is -1.95. The van der Waals surface area contributed by atoms with Gasteiger partial charge in [0.2, 0.25) is 0 Å². The molecule has 0 fully saturated rings. The van der Waals surface area contributed by atoms with Gasteiger partial charge in [-0.3, -0.25) is 4.79 Å². The van der Waals surface area contributed by atoms with E-state index in [9.17, 15) is 13.6 Å². The fourth-order valence-corrected chi connectivity index (χ4v) is 2.09. The third kappa shape index (κ3) is 3.78. The molecule has 0 aliphatic carbocycles. The largest absolute Gasteiger partial charge is 0.383 e. The topological polar surface area (TPSA) is 41.1 Å². The fraction of sp³-hybridized carbons (Fsp3) is 0.133. The van der Waals surface area contributed by atoms with Gasteiger partial charge in [0.1, 0.15) is 17.3 Å². The van der Waals surface area contributed by atoms with E-state index >= 15 is 0 Å². The molecule has 0 aromatic heterocycles. The molecule has 0 spiro atoms. The number of nitrogens with one attached hydrogen (secondary N) is 2. The lowest BCUT2D eigenvalue weighted by atomic mass is 10.1. The van der Waals surface area contributed by atoms with Crippen molar-refractivity contribution in [3.05, 3.63) is 63.6 Å². The van der Waals surface area contributed by atoms with E-state index in [1.807, 2.05) is 24.3 Å². The first-order chi connectivity index (χ1) is 10.0. The van der Waals surface area contributed by atoms with Crippen molar-refractivity contribution in [2.75, 3.05) is 12.4 Å². The lowest BCUT2D eigenvalue weighted by Crippen LogP contribution is -2.23. The Labute approximate surface area is 129 Å². The highest BCUT2D eigenvalue weighted by atomic mass is 79.9. The molecule has 0 saturated heterocycles. The summed E-state index contributed by atoms with van der Waals surface area (Å²) >= 11 is 3.32. The predicted molar refractivity (Wildman–Crippen MR) is 81.2 cm³/mol. The van der Waals surface area contributed by atoms with Crippen LogP contribution in [-0.4, -0.2) is 13.0 Å². The number of hydrogen-bond acceptors (Lipinski definition) is 2. The second-order valence-corrected chi connectivity index (χ2v) is 5.29. The third-order valence-corrected chi connectivity index (χ3v) is 3.45. The summed E-state index contributed by atoms with van der Waals surface area (Å²) < 4.78 is 28.1. The molecule has 0 unspecified atom stereocenters. The summed E-state index contributed by atoms with van der Waals surface area (Å²) in [6.45, 7) is 0.281. The van der Waals surface area contributed by atoms with Gasteiger partial charge in [0, 0.05) is 23.6 Å². The first-order valence-electron chi connectivity index (χ1n) is 6.20. The molecule has 0 heterocycles. The van der Waals surface area contributed by atoms with Gasteiger partial charge in [-0.2, -0.15) is 0 Å². The van der Waals surface area contributed by atoms with E-state index in [-0.39, 0.29) is 17.8 Å². The number of carbonyl (C=O) groups excluding carboxylic acids is 1. The summed E-state index contributed by atoms with van der Waals surface area (Å²) in [6.07, 6.45) is 0. The molecule has 6 heteroatoms. The standard InChI is InChI=1S/C15H13BrF2N2O/c1-19-14-12(17)6-10(7-13(14)18)15(21)20-8-9-2-4-11(16)5-3-9/h2-7,19H,8H2,1H3,(H,20,21).